The minimum absolute atomic E-state index is 0.409. The van der Waals surface area contributed by atoms with E-state index in [1.54, 1.807) is 6.07 Å². The first-order valence-corrected chi connectivity index (χ1v) is 7.65. The molecular formula is C15H17F2N5. The Balaban J connectivity index is 1.55. The van der Waals surface area contributed by atoms with Gasteiger partial charge in [-0.15, -0.1) is 5.10 Å². The van der Waals surface area contributed by atoms with Crippen LogP contribution < -0.4 is 5.32 Å². The lowest BCUT2D eigenvalue weighted by atomic mass is 9.71. The van der Waals surface area contributed by atoms with Crippen LogP contribution in [-0.4, -0.2) is 20.2 Å². The maximum atomic E-state index is 14.1. The number of hydrogen-bond acceptors (Lipinski definition) is 4. The van der Waals surface area contributed by atoms with E-state index in [0.29, 0.717) is 18.2 Å². The summed E-state index contributed by atoms with van der Waals surface area (Å²) in [5.41, 5.74) is 0.101. The summed E-state index contributed by atoms with van der Waals surface area (Å²) in [5, 5.41) is 15.2. The summed E-state index contributed by atoms with van der Waals surface area (Å²) in [6.07, 6.45) is 4.91. The van der Waals surface area contributed by atoms with Crippen molar-refractivity contribution in [2.75, 3.05) is 0 Å². The average molecular weight is 305 g/mol. The number of benzene rings is 1. The van der Waals surface area contributed by atoms with Gasteiger partial charge in [0.25, 0.3) is 0 Å². The van der Waals surface area contributed by atoms with E-state index in [0.717, 1.165) is 44.0 Å². The van der Waals surface area contributed by atoms with E-state index >= 15 is 0 Å². The first kappa shape index (κ1) is 13.8. The van der Waals surface area contributed by atoms with Crippen molar-refractivity contribution < 1.29 is 8.78 Å². The first-order chi connectivity index (χ1) is 10.7. The molecule has 1 aromatic carbocycles. The highest BCUT2D eigenvalue weighted by molar-refractivity contribution is 5.29. The quantitative estimate of drug-likeness (QED) is 0.922. The molecule has 0 spiro atoms. The predicted molar refractivity (Wildman–Crippen MR) is 74.8 cm³/mol. The predicted octanol–water partition coefficient (Wildman–Crippen LogP) is 2.46. The highest BCUT2D eigenvalue weighted by atomic mass is 19.1. The Morgan fingerprint density at radius 2 is 2.09 bits per heavy atom. The van der Waals surface area contributed by atoms with Crippen molar-refractivity contribution in [2.45, 2.75) is 50.2 Å². The van der Waals surface area contributed by atoms with Crippen LogP contribution in [0.3, 0.4) is 0 Å². The molecule has 1 heterocycles. The third-order valence-corrected chi connectivity index (χ3v) is 4.69. The molecule has 0 radical (unpaired) electrons. The molecule has 1 N–H and O–H groups in total. The molecule has 22 heavy (non-hydrogen) atoms. The molecule has 2 aliphatic rings. The van der Waals surface area contributed by atoms with Gasteiger partial charge in [0.1, 0.15) is 11.6 Å². The third kappa shape index (κ3) is 2.29. The number of halogens is 2. The van der Waals surface area contributed by atoms with Gasteiger partial charge in [0.15, 0.2) is 5.82 Å². The second kappa shape index (κ2) is 5.08. The van der Waals surface area contributed by atoms with E-state index in [2.05, 4.69) is 20.8 Å². The van der Waals surface area contributed by atoms with Gasteiger partial charge in [0.2, 0.25) is 0 Å². The van der Waals surface area contributed by atoms with E-state index in [9.17, 15) is 8.78 Å². The fourth-order valence-corrected chi connectivity index (χ4v) is 3.13. The number of tetrazole rings is 1. The van der Waals surface area contributed by atoms with Gasteiger partial charge in [-0.3, -0.25) is 0 Å². The lowest BCUT2D eigenvalue weighted by Crippen LogP contribution is -2.48. The van der Waals surface area contributed by atoms with Gasteiger partial charge in [-0.05, 0) is 48.6 Å². The molecule has 2 aliphatic carbocycles. The van der Waals surface area contributed by atoms with Gasteiger partial charge >= 0.3 is 0 Å². The van der Waals surface area contributed by atoms with Crippen LogP contribution in [0.5, 0.6) is 0 Å². The van der Waals surface area contributed by atoms with Crippen molar-refractivity contribution in [3.05, 3.63) is 41.2 Å². The van der Waals surface area contributed by atoms with Crippen LogP contribution in [0.15, 0.2) is 18.2 Å². The zero-order valence-electron chi connectivity index (χ0n) is 12.1. The van der Waals surface area contributed by atoms with E-state index in [-0.39, 0.29) is 0 Å². The lowest BCUT2D eigenvalue weighted by Gasteiger charge is -2.43. The largest absolute Gasteiger partial charge is 0.300 e. The molecule has 4 rings (SSSR count). The summed E-state index contributed by atoms with van der Waals surface area (Å²) in [6.45, 7) is 0.486. The smallest absolute Gasteiger partial charge is 0.165 e. The molecule has 0 unspecified atom stereocenters. The van der Waals surface area contributed by atoms with Gasteiger partial charge in [0.05, 0.1) is 12.6 Å². The molecule has 116 valence electrons. The molecule has 2 saturated carbocycles. The van der Waals surface area contributed by atoms with Gasteiger partial charge in [-0.1, -0.05) is 6.07 Å². The molecule has 1 aromatic heterocycles. The summed E-state index contributed by atoms with van der Waals surface area (Å²) >= 11 is 0. The van der Waals surface area contributed by atoms with Gasteiger partial charge in [0, 0.05) is 17.2 Å². The number of hydrogen-bond donors (Lipinski definition) is 1. The molecule has 0 aliphatic heterocycles. The van der Waals surface area contributed by atoms with E-state index < -0.39 is 17.2 Å². The summed E-state index contributed by atoms with van der Waals surface area (Å²) < 4.78 is 29.1. The standard InChI is InChI=1S/C15H17F2N5/c16-10-2-5-12(13(17)8-10)15(6-1-7-15)18-9-14-19-20-21-22(14)11-3-4-11/h2,5,8,11,18H,1,3-4,6-7,9H2. The molecule has 5 nitrogen and oxygen atoms in total. The minimum atomic E-state index is -0.548. The molecule has 0 atom stereocenters. The van der Waals surface area contributed by atoms with Crippen molar-refractivity contribution in [3.8, 4) is 0 Å². The zero-order valence-corrected chi connectivity index (χ0v) is 12.1. The second-order valence-electron chi connectivity index (χ2n) is 6.18. The highest BCUT2D eigenvalue weighted by Gasteiger charge is 2.40. The fraction of sp³-hybridized carbons (Fsp3) is 0.533. The molecule has 0 saturated heterocycles. The molecule has 0 bridgehead atoms. The minimum Gasteiger partial charge on any atom is -0.300 e. The molecule has 7 heteroatoms. The molecule has 2 fully saturated rings. The number of aromatic nitrogens is 4. The normalized spacial score (nSPS) is 19.9. The monoisotopic (exact) mass is 305 g/mol. The van der Waals surface area contributed by atoms with Crippen LogP contribution in [0.1, 0.15) is 49.5 Å². The maximum absolute atomic E-state index is 14.1. The average Bonchev–Trinajstić information content (AvgIpc) is 3.19. The Morgan fingerprint density at radius 3 is 2.73 bits per heavy atom. The van der Waals surface area contributed by atoms with E-state index in [4.69, 9.17) is 0 Å². The Hall–Kier alpha value is -1.89. The molecule has 0 amide bonds. The van der Waals surface area contributed by atoms with E-state index in [1.165, 1.54) is 6.07 Å². The van der Waals surface area contributed by atoms with Crippen molar-refractivity contribution >= 4 is 0 Å². The molecular weight excluding hydrogens is 288 g/mol. The van der Waals surface area contributed by atoms with Crippen LogP contribution >= 0.6 is 0 Å². The number of rotatable bonds is 5. The van der Waals surface area contributed by atoms with Crippen LogP contribution in [0, 0.1) is 11.6 Å². The Bertz CT molecular complexity index is 691. The van der Waals surface area contributed by atoms with Gasteiger partial charge < -0.3 is 5.32 Å². The Morgan fingerprint density at radius 1 is 1.27 bits per heavy atom. The lowest BCUT2D eigenvalue weighted by molar-refractivity contribution is 0.174. The Labute approximate surface area is 126 Å². The van der Waals surface area contributed by atoms with Crippen molar-refractivity contribution in [1.29, 1.82) is 0 Å². The van der Waals surface area contributed by atoms with Crippen LogP contribution in [-0.2, 0) is 12.1 Å². The summed E-state index contributed by atoms with van der Waals surface area (Å²) in [6, 6.07) is 4.21. The SMILES string of the molecule is Fc1ccc(C2(NCc3nnnn3C3CC3)CCC2)c(F)c1. The topological polar surface area (TPSA) is 55.6 Å². The third-order valence-electron chi connectivity index (χ3n) is 4.69. The first-order valence-electron chi connectivity index (χ1n) is 7.65. The Kier molecular flexibility index (Phi) is 3.18. The number of nitrogens with zero attached hydrogens (tertiary/aromatic N) is 4. The zero-order chi connectivity index (χ0) is 15.2. The van der Waals surface area contributed by atoms with Crippen LogP contribution in [0.25, 0.3) is 0 Å². The van der Waals surface area contributed by atoms with Crippen molar-refractivity contribution in [1.82, 2.24) is 25.5 Å². The second-order valence-corrected chi connectivity index (χ2v) is 6.18. The van der Waals surface area contributed by atoms with E-state index in [1.807, 2.05) is 4.68 Å². The fourth-order valence-electron chi connectivity index (χ4n) is 3.13. The number of nitrogens with one attached hydrogen (secondary N) is 1. The summed E-state index contributed by atoms with van der Waals surface area (Å²) in [4.78, 5) is 0. The van der Waals surface area contributed by atoms with Crippen molar-refractivity contribution in [2.24, 2.45) is 0 Å². The molecule has 2 aromatic rings. The summed E-state index contributed by atoms with van der Waals surface area (Å²) in [5.74, 6) is -0.265. The highest BCUT2D eigenvalue weighted by Crippen LogP contribution is 2.43. The van der Waals surface area contributed by atoms with Crippen LogP contribution in [0.4, 0.5) is 8.78 Å². The van der Waals surface area contributed by atoms with Gasteiger partial charge in [-0.2, -0.15) is 0 Å². The van der Waals surface area contributed by atoms with Crippen LogP contribution in [0.2, 0.25) is 0 Å². The van der Waals surface area contributed by atoms with Gasteiger partial charge in [-0.25, -0.2) is 13.5 Å². The van der Waals surface area contributed by atoms with Crippen molar-refractivity contribution in [3.63, 3.8) is 0 Å². The maximum Gasteiger partial charge on any atom is 0.165 e. The summed E-state index contributed by atoms with van der Waals surface area (Å²) in [7, 11) is 0.